The van der Waals surface area contributed by atoms with Gasteiger partial charge in [0.25, 0.3) is 0 Å². The summed E-state index contributed by atoms with van der Waals surface area (Å²) in [7, 11) is 0. The van der Waals surface area contributed by atoms with Crippen LogP contribution in [0.1, 0.15) is 38.7 Å². The summed E-state index contributed by atoms with van der Waals surface area (Å²) in [5.41, 5.74) is 1.23. The molecule has 21 heavy (non-hydrogen) atoms. The Bertz CT molecular complexity index is 487. The van der Waals surface area contributed by atoms with E-state index in [9.17, 15) is 4.79 Å². The third kappa shape index (κ3) is 2.98. The van der Waals surface area contributed by atoms with Gasteiger partial charge in [-0.1, -0.05) is 57.0 Å². The maximum Gasteiger partial charge on any atom is 0.241 e. The molecule has 0 aromatic heterocycles. The van der Waals surface area contributed by atoms with Crippen LogP contribution in [0.15, 0.2) is 30.3 Å². The zero-order valence-corrected chi connectivity index (χ0v) is 13.1. The van der Waals surface area contributed by atoms with E-state index in [2.05, 4.69) is 36.2 Å². The van der Waals surface area contributed by atoms with Gasteiger partial charge in [0.2, 0.25) is 5.91 Å². The summed E-state index contributed by atoms with van der Waals surface area (Å²) >= 11 is 0. The molecule has 0 spiro atoms. The number of rotatable bonds is 3. The van der Waals surface area contributed by atoms with Crippen molar-refractivity contribution < 1.29 is 4.79 Å². The highest BCUT2D eigenvalue weighted by Crippen LogP contribution is 2.33. The number of carbonyl (C=O) groups is 1. The highest BCUT2D eigenvalue weighted by atomic mass is 16.2. The second kappa shape index (κ2) is 6.18. The predicted octanol–water partition coefficient (Wildman–Crippen LogP) is 2.81. The van der Waals surface area contributed by atoms with Crippen LogP contribution in [0, 0.1) is 11.8 Å². The molecule has 0 radical (unpaired) electrons. The lowest BCUT2D eigenvalue weighted by molar-refractivity contribution is -0.132. The van der Waals surface area contributed by atoms with Gasteiger partial charge < -0.3 is 4.90 Å². The molecular formula is C18H26N2O. The number of amides is 1. The van der Waals surface area contributed by atoms with Gasteiger partial charge in [-0.05, 0) is 30.2 Å². The maximum absolute atomic E-state index is 12.7. The Kier molecular flexibility index (Phi) is 4.29. The Labute approximate surface area is 127 Å². The molecule has 3 heteroatoms. The summed E-state index contributed by atoms with van der Waals surface area (Å²) in [6, 6.07) is 10.7. The van der Waals surface area contributed by atoms with Crippen molar-refractivity contribution in [1.82, 2.24) is 10.2 Å². The smallest absolute Gasteiger partial charge is 0.241 e. The Morgan fingerprint density at radius 1 is 1.19 bits per heavy atom. The summed E-state index contributed by atoms with van der Waals surface area (Å²) in [6.07, 6.45) is 4.52. The van der Waals surface area contributed by atoms with Crippen molar-refractivity contribution in [3.63, 3.8) is 0 Å². The van der Waals surface area contributed by atoms with Gasteiger partial charge in [-0.3, -0.25) is 10.1 Å². The van der Waals surface area contributed by atoms with Gasteiger partial charge >= 0.3 is 0 Å². The molecule has 1 saturated heterocycles. The molecule has 1 aromatic carbocycles. The minimum Gasteiger partial charge on any atom is -0.325 e. The van der Waals surface area contributed by atoms with Crippen LogP contribution in [0.5, 0.6) is 0 Å². The van der Waals surface area contributed by atoms with Crippen LogP contribution in [0.2, 0.25) is 0 Å². The third-order valence-electron chi connectivity index (χ3n) is 5.44. The van der Waals surface area contributed by atoms with E-state index in [-0.39, 0.29) is 6.04 Å². The fourth-order valence-electron chi connectivity index (χ4n) is 3.86. The van der Waals surface area contributed by atoms with E-state index in [1.54, 1.807) is 0 Å². The number of carbonyl (C=O) groups excluding carboxylic acids is 1. The van der Waals surface area contributed by atoms with Gasteiger partial charge in [-0.15, -0.1) is 0 Å². The zero-order chi connectivity index (χ0) is 14.8. The first-order chi connectivity index (χ1) is 10.2. The van der Waals surface area contributed by atoms with E-state index in [1.165, 1.54) is 18.4 Å². The molecule has 4 atom stereocenters. The molecule has 1 amide bonds. The van der Waals surface area contributed by atoms with Gasteiger partial charge in [-0.25, -0.2) is 0 Å². The second-order valence-electron chi connectivity index (χ2n) is 6.75. The highest BCUT2D eigenvalue weighted by molar-refractivity contribution is 5.84. The molecule has 3 rings (SSSR count). The molecule has 0 bridgehead atoms. The standard InChI is InChI=1S/C18H26N2O/c1-13-7-6-10-17(14(13)2)20-12-19-16(18(20)21)11-15-8-4-3-5-9-15/h3-5,8-9,13-14,16-17,19H,6-7,10-12H2,1-2H3. The van der Waals surface area contributed by atoms with E-state index in [0.29, 0.717) is 17.9 Å². The van der Waals surface area contributed by atoms with Crippen molar-refractivity contribution in [2.75, 3.05) is 6.67 Å². The Morgan fingerprint density at radius 3 is 2.71 bits per heavy atom. The average Bonchev–Trinajstić information content (AvgIpc) is 2.84. The quantitative estimate of drug-likeness (QED) is 0.926. The molecule has 114 valence electrons. The minimum absolute atomic E-state index is 0.0446. The lowest BCUT2D eigenvalue weighted by Crippen LogP contribution is -2.46. The van der Waals surface area contributed by atoms with Crippen molar-refractivity contribution in [3.05, 3.63) is 35.9 Å². The molecular weight excluding hydrogens is 260 g/mol. The van der Waals surface area contributed by atoms with Crippen LogP contribution in [-0.4, -0.2) is 29.6 Å². The van der Waals surface area contributed by atoms with Gasteiger partial charge in [-0.2, -0.15) is 0 Å². The Hall–Kier alpha value is -1.35. The number of nitrogens with one attached hydrogen (secondary N) is 1. The van der Waals surface area contributed by atoms with E-state index >= 15 is 0 Å². The molecule has 3 nitrogen and oxygen atoms in total. The maximum atomic E-state index is 12.7. The summed E-state index contributed by atoms with van der Waals surface area (Å²) in [6.45, 7) is 5.36. The first-order valence-corrected chi connectivity index (χ1v) is 8.24. The molecule has 1 aliphatic heterocycles. The summed E-state index contributed by atoms with van der Waals surface area (Å²) in [5.74, 6) is 1.63. The average molecular weight is 286 g/mol. The van der Waals surface area contributed by atoms with Crippen molar-refractivity contribution in [3.8, 4) is 0 Å². The van der Waals surface area contributed by atoms with Crippen LogP contribution >= 0.6 is 0 Å². The first kappa shape index (κ1) is 14.6. The van der Waals surface area contributed by atoms with Gasteiger partial charge in [0.1, 0.15) is 0 Å². The van der Waals surface area contributed by atoms with Crippen LogP contribution in [0.4, 0.5) is 0 Å². The Balaban J connectivity index is 1.66. The van der Waals surface area contributed by atoms with E-state index in [0.717, 1.165) is 25.4 Å². The third-order valence-corrected chi connectivity index (χ3v) is 5.44. The van der Waals surface area contributed by atoms with Crippen molar-refractivity contribution in [2.24, 2.45) is 11.8 Å². The normalized spacial score (nSPS) is 33.4. The largest absolute Gasteiger partial charge is 0.325 e. The minimum atomic E-state index is -0.0446. The molecule has 1 N–H and O–H groups in total. The topological polar surface area (TPSA) is 32.3 Å². The summed E-state index contributed by atoms with van der Waals surface area (Å²) < 4.78 is 0. The summed E-state index contributed by atoms with van der Waals surface area (Å²) in [4.78, 5) is 14.8. The molecule has 1 saturated carbocycles. The first-order valence-electron chi connectivity index (χ1n) is 8.24. The molecule has 2 aliphatic rings. The predicted molar refractivity (Wildman–Crippen MR) is 84.7 cm³/mol. The number of nitrogens with zero attached hydrogens (tertiary/aromatic N) is 1. The number of benzene rings is 1. The van der Waals surface area contributed by atoms with Gasteiger partial charge in [0.05, 0.1) is 12.7 Å². The second-order valence-corrected chi connectivity index (χ2v) is 6.75. The fourth-order valence-corrected chi connectivity index (χ4v) is 3.86. The van der Waals surface area contributed by atoms with Crippen LogP contribution in [-0.2, 0) is 11.2 Å². The van der Waals surface area contributed by atoms with Crippen LogP contribution in [0.25, 0.3) is 0 Å². The SMILES string of the molecule is CC1CCCC(N2CNC(Cc3ccccc3)C2=O)C1C. The van der Waals surface area contributed by atoms with Crippen molar-refractivity contribution in [2.45, 2.75) is 51.6 Å². The van der Waals surface area contributed by atoms with E-state index in [4.69, 9.17) is 0 Å². The monoisotopic (exact) mass is 286 g/mol. The van der Waals surface area contributed by atoms with Crippen LogP contribution < -0.4 is 5.32 Å². The molecule has 1 heterocycles. The zero-order valence-electron chi connectivity index (χ0n) is 13.1. The van der Waals surface area contributed by atoms with Crippen molar-refractivity contribution >= 4 is 5.91 Å². The number of hydrogen-bond acceptors (Lipinski definition) is 2. The van der Waals surface area contributed by atoms with Crippen LogP contribution in [0.3, 0.4) is 0 Å². The highest BCUT2D eigenvalue weighted by Gasteiger charge is 2.39. The molecule has 4 unspecified atom stereocenters. The van der Waals surface area contributed by atoms with E-state index in [1.807, 2.05) is 18.2 Å². The van der Waals surface area contributed by atoms with Crippen molar-refractivity contribution in [1.29, 1.82) is 0 Å². The van der Waals surface area contributed by atoms with Gasteiger partial charge in [0.15, 0.2) is 0 Å². The molecule has 2 fully saturated rings. The summed E-state index contributed by atoms with van der Waals surface area (Å²) in [5, 5.41) is 3.41. The lowest BCUT2D eigenvalue weighted by Gasteiger charge is -2.39. The van der Waals surface area contributed by atoms with Gasteiger partial charge in [0, 0.05) is 6.04 Å². The fraction of sp³-hybridized carbons (Fsp3) is 0.611. The van der Waals surface area contributed by atoms with E-state index < -0.39 is 0 Å². The Morgan fingerprint density at radius 2 is 1.95 bits per heavy atom. The molecule has 1 aromatic rings. The lowest BCUT2D eigenvalue weighted by atomic mass is 9.77. The number of hydrogen-bond donors (Lipinski definition) is 1. The molecule has 1 aliphatic carbocycles.